The topological polar surface area (TPSA) is 30.7 Å². The minimum absolute atomic E-state index is 0.446. The molecule has 0 unspecified atom stereocenters. The van der Waals surface area contributed by atoms with Gasteiger partial charge in [0.2, 0.25) is 0 Å². The predicted molar refractivity (Wildman–Crippen MR) is 88.2 cm³/mol. The number of thiazole rings is 1. The third kappa shape index (κ3) is 3.28. The Morgan fingerprint density at radius 3 is 2.86 bits per heavy atom. The summed E-state index contributed by atoms with van der Waals surface area (Å²) in [5.74, 6) is 0.446. The van der Waals surface area contributed by atoms with E-state index in [4.69, 9.17) is 23.2 Å². The van der Waals surface area contributed by atoms with Gasteiger partial charge in [0.1, 0.15) is 5.01 Å². The first-order valence-corrected chi connectivity index (χ1v) is 8.24. The van der Waals surface area contributed by atoms with E-state index in [1.54, 1.807) is 11.3 Å². The quantitative estimate of drug-likeness (QED) is 0.643. The van der Waals surface area contributed by atoms with Crippen molar-refractivity contribution in [3.05, 3.63) is 57.8 Å². The van der Waals surface area contributed by atoms with Gasteiger partial charge in [0, 0.05) is 17.1 Å². The fourth-order valence-electron chi connectivity index (χ4n) is 2.07. The molecule has 3 aromatic rings. The Kier molecular flexibility index (Phi) is 4.29. The average Bonchev–Trinajstić information content (AvgIpc) is 3.07. The molecule has 2 aromatic heterocycles. The Labute approximate surface area is 137 Å². The summed E-state index contributed by atoms with van der Waals surface area (Å²) in [6.45, 7) is 2.59. The lowest BCUT2D eigenvalue weighted by Gasteiger charge is -2.04. The number of aryl methyl sites for hydroxylation is 1. The van der Waals surface area contributed by atoms with Gasteiger partial charge >= 0.3 is 0 Å². The summed E-state index contributed by atoms with van der Waals surface area (Å²) in [6, 6.07) is 8.29. The molecule has 0 atom stereocenters. The van der Waals surface area contributed by atoms with Crippen molar-refractivity contribution in [3.63, 3.8) is 0 Å². The van der Waals surface area contributed by atoms with Crippen LogP contribution in [0.25, 0.3) is 10.6 Å². The SMILES string of the molecule is Cc1nn(Cc2cccc(-c3nc(CCl)cs3)c2)cc1Cl. The average molecular weight is 338 g/mol. The van der Waals surface area contributed by atoms with E-state index in [2.05, 4.69) is 28.3 Å². The van der Waals surface area contributed by atoms with Crippen molar-refractivity contribution in [2.24, 2.45) is 0 Å². The highest BCUT2D eigenvalue weighted by Crippen LogP contribution is 2.25. The lowest BCUT2D eigenvalue weighted by atomic mass is 10.1. The van der Waals surface area contributed by atoms with Gasteiger partial charge in [0.15, 0.2) is 0 Å². The first-order chi connectivity index (χ1) is 10.2. The van der Waals surface area contributed by atoms with Gasteiger partial charge in [-0.15, -0.1) is 22.9 Å². The van der Waals surface area contributed by atoms with Gasteiger partial charge < -0.3 is 0 Å². The van der Waals surface area contributed by atoms with E-state index < -0.39 is 0 Å². The molecular formula is C15H13Cl2N3S. The predicted octanol–water partition coefficient (Wildman–Crippen LogP) is 4.76. The van der Waals surface area contributed by atoms with Crippen LogP contribution in [0.15, 0.2) is 35.8 Å². The summed E-state index contributed by atoms with van der Waals surface area (Å²) in [5.41, 5.74) is 4.02. The van der Waals surface area contributed by atoms with Gasteiger partial charge in [-0.1, -0.05) is 29.8 Å². The van der Waals surface area contributed by atoms with Gasteiger partial charge in [0.25, 0.3) is 0 Å². The molecule has 0 spiro atoms. The van der Waals surface area contributed by atoms with Crippen LogP contribution in [0.3, 0.4) is 0 Å². The van der Waals surface area contributed by atoms with Crippen molar-refractivity contribution in [1.29, 1.82) is 0 Å². The first-order valence-electron chi connectivity index (χ1n) is 6.45. The molecule has 0 saturated heterocycles. The van der Waals surface area contributed by atoms with Crippen LogP contribution in [0, 0.1) is 6.92 Å². The Morgan fingerprint density at radius 2 is 2.19 bits per heavy atom. The lowest BCUT2D eigenvalue weighted by Crippen LogP contribution is -2.00. The second kappa shape index (κ2) is 6.18. The molecule has 0 radical (unpaired) electrons. The molecule has 0 amide bonds. The Bertz CT molecular complexity index is 744. The Hall–Kier alpha value is -1.36. The third-order valence-electron chi connectivity index (χ3n) is 3.09. The largest absolute Gasteiger partial charge is 0.267 e. The number of halogens is 2. The van der Waals surface area contributed by atoms with Crippen LogP contribution >= 0.6 is 34.5 Å². The van der Waals surface area contributed by atoms with E-state index >= 15 is 0 Å². The first kappa shape index (κ1) is 14.6. The smallest absolute Gasteiger partial charge is 0.123 e. The lowest BCUT2D eigenvalue weighted by molar-refractivity contribution is 0.679. The summed E-state index contributed by atoms with van der Waals surface area (Å²) in [6.07, 6.45) is 1.85. The van der Waals surface area contributed by atoms with E-state index in [1.807, 2.05) is 29.2 Å². The van der Waals surface area contributed by atoms with Crippen LogP contribution in [0.2, 0.25) is 5.02 Å². The highest BCUT2D eigenvalue weighted by molar-refractivity contribution is 7.13. The van der Waals surface area contributed by atoms with E-state index in [9.17, 15) is 0 Å². The van der Waals surface area contributed by atoms with Gasteiger partial charge in [-0.25, -0.2) is 4.98 Å². The Morgan fingerprint density at radius 1 is 1.33 bits per heavy atom. The minimum Gasteiger partial charge on any atom is -0.267 e. The number of aromatic nitrogens is 3. The standard InChI is InChI=1S/C15H13Cl2N3S/c1-10-14(17)8-20(19-10)7-11-3-2-4-12(5-11)15-18-13(6-16)9-21-15/h2-5,8-9H,6-7H2,1H3. The summed E-state index contributed by atoms with van der Waals surface area (Å²) in [5, 5.41) is 8.05. The number of benzene rings is 1. The van der Waals surface area contributed by atoms with Crippen molar-refractivity contribution in [1.82, 2.24) is 14.8 Å². The molecule has 3 nitrogen and oxygen atoms in total. The molecule has 108 valence electrons. The highest BCUT2D eigenvalue weighted by Gasteiger charge is 2.07. The zero-order chi connectivity index (χ0) is 14.8. The fraction of sp³-hybridized carbons (Fsp3) is 0.200. The molecule has 3 rings (SSSR count). The molecule has 0 aliphatic carbocycles. The third-order valence-corrected chi connectivity index (χ3v) is 4.68. The fourth-order valence-corrected chi connectivity index (χ4v) is 3.26. The zero-order valence-corrected chi connectivity index (χ0v) is 13.7. The summed E-state index contributed by atoms with van der Waals surface area (Å²) in [7, 11) is 0. The molecule has 0 N–H and O–H groups in total. The summed E-state index contributed by atoms with van der Waals surface area (Å²) in [4.78, 5) is 4.51. The van der Waals surface area contributed by atoms with Gasteiger partial charge in [-0.05, 0) is 18.6 Å². The number of alkyl halides is 1. The molecule has 0 aliphatic heterocycles. The summed E-state index contributed by atoms with van der Waals surface area (Å²) >= 11 is 13.5. The van der Waals surface area contributed by atoms with E-state index in [0.29, 0.717) is 17.4 Å². The van der Waals surface area contributed by atoms with E-state index in [0.717, 1.165) is 27.5 Å². The summed E-state index contributed by atoms with van der Waals surface area (Å²) < 4.78 is 1.85. The molecule has 0 saturated carbocycles. The highest BCUT2D eigenvalue weighted by atomic mass is 35.5. The van der Waals surface area contributed by atoms with E-state index in [-0.39, 0.29) is 0 Å². The maximum atomic E-state index is 6.04. The molecule has 0 bridgehead atoms. The molecular weight excluding hydrogens is 325 g/mol. The number of nitrogens with zero attached hydrogens (tertiary/aromatic N) is 3. The van der Waals surface area contributed by atoms with Crippen molar-refractivity contribution in [2.45, 2.75) is 19.3 Å². The van der Waals surface area contributed by atoms with E-state index in [1.165, 1.54) is 0 Å². The van der Waals surface area contributed by atoms with Gasteiger partial charge in [0.05, 0.1) is 28.8 Å². The number of hydrogen-bond donors (Lipinski definition) is 0. The molecule has 2 heterocycles. The van der Waals surface area contributed by atoms with Crippen LogP contribution in [0.4, 0.5) is 0 Å². The van der Waals surface area contributed by atoms with Crippen molar-refractivity contribution >= 4 is 34.5 Å². The Balaban J connectivity index is 1.85. The van der Waals surface area contributed by atoms with Crippen molar-refractivity contribution in [3.8, 4) is 10.6 Å². The van der Waals surface area contributed by atoms with Crippen LogP contribution in [-0.4, -0.2) is 14.8 Å². The van der Waals surface area contributed by atoms with Crippen LogP contribution in [0.1, 0.15) is 17.0 Å². The monoisotopic (exact) mass is 337 g/mol. The molecule has 0 fully saturated rings. The molecule has 1 aromatic carbocycles. The minimum atomic E-state index is 0.446. The second-order valence-electron chi connectivity index (χ2n) is 4.74. The number of hydrogen-bond acceptors (Lipinski definition) is 3. The van der Waals surface area contributed by atoms with Gasteiger partial charge in [-0.2, -0.15) is 5.10 Å². The van der Waals surface area contributed by atoms with Crippen LogP contribution in [-0.2, 0) is 12.4 Å². The van der Waals surface area contributed by atoms with Crippen molar-refractivity contribution < 1.29 is 0 Å². The number of rotatable bonds is 4. The normalized spacial score (nSPS) is 11.0. The zero-order valence-electron chi connectivity index (χ0n) is 11.4. The molecule has 21 heavy (non-hydrogen) atoms. The van der Waals surface area contributed by atoms with Gasteiger partial charge in [-0.3, -0.25) is 4.68 Å². The second-order valence-corrected chi connectivity index (χ2v) is 6.27. The maximum absolute atomic E-state index is 6.04. The van der Waals surface area contributed by atoms with Crippen LogP contribution < -0.4 is 0 Å². The molecule has 0 aliphatic rings. The van der Waals surface area contributed by atoms with Crippen molar-refractivity contribution in [2.75, 3.05) is 0 Å². The van der Waals surface area contributed by atoms with Crippen LogP contribution in [0.5, 0.6) is 0 Å². The maximum Gasteiger partial charge on any atom is 0.123 e. The molecule has 6 heteroatoms.